The molecule has 2 amide bonds. The van der Waals surface area contributed by atoms with E-state index in [1.54, 1.807) is 0 Å². The zero-order valence-electron chi connectivity index (χ0n) is 16.8. The van der Waals surface area contributed by atoms with Crippen LogP contribution in [0.15, 0.2) is 78.9 Å². The normalized spacial score (nSPS) is 11.4. The molecule has 3 N–H and O–H groups in total. The van der Waals surface area contributed by atoms with Crippen LogP contribution in [0.5, 0.6) is 5.75 Å². The van der Waals surface area contributed by atoms with Gasteiger partial charge in [-0.05, 0) is 61.4 Å². The number of hydrogen-bond acceptors (Lipinski definition) is 3. The highest BCUT2D eigenvalue weighted by molar-refractivity contribution is 5.89. The van der Waals surface area contributed by atoms with Crippen LogP contribution in [0.2, 0.25) is 0 Å². The summed E-state index contributed by atoms with van der Waals surface area (Å²) < 4.78 is 5.63. The number of nitrogens with one attached hydrogen (secondary N) is 3. The molecule has 29 heavy (non-hydrogen) atoms. The van der Waals surface area contributed by atoms with E-state index in [9.17, 15) is 4.79 Å². The Labute approximate surface area is 172 Å². The lowest BCUT2D eigenvalue weighted by Gasteiger charge is -2.16. The van der Waals surface area contributed by atoms with E-state index in [-0.39, 0.29) is 12.1 Å². The SMILES string of the molecule is Cc1cccc(OCCNC(=O)Nc2ccc(NC(C)c3ccccc3)cc2)c1. The van der Waals surface area contributed by atoms with Crippen LogP contribution in [0.4, 0.5) is 16.2 Å². The number of benzene rings is 3. The number of anilines is 2. The predicted octanol–water partition coefficient (Wildman–Crippen LogP) is 5.37. The van der Waals surface area contributed by atoms with Crippen molar-refractivity contribution in [2.24, 2.45) is 0 Å². The van der Waals surface area contributed by atoms with Crippen molar-refractivity contribution >= 4 is 17.4 Å². The molecule has 0 saturated carbocycles. The Hall–Kier alpha value is -3.47. The fourth-order valence-electron chi connectivity index (χ4n) is 2.94. The van der Waals surface area contributed by atoms with Crippen molar-refractivity contribution in [3.8, 4) is 5.75 Å². The van der Waals surface area contributed by atoms with E-state index in [1.165, 1.54) is 5.56 Å². The highest BCUT2D eigenvalue weighted by atomic mass is 16.5. The average Bonchev–Trinajstić information content (AvgIpc) is 2.73. The van der Waals surface area contributed by atoms with Crippen molar-refractivity contribution in [3.05, 3.63) is 90.0 Å². The van der Waals surface area contributed by atoms with E-state index in [0.717, 1.165) is 22.7 Å². The Kier molecular flexibility index (Phi) is 7.11. The van der Waals surface area contributed by atoms with Crippen molar-refractivity contribution in [2.75, 3.05) is 23.8 Å². The number of carbonyl (C=O) groups is 1. The molecule has 0 aliphatic rings. The Bertz CT molecular complexity index is 911. The van der Waals surface area contributed by atoms with Crippen LogP contribution in [0, 0.1) is 6.92 Å². The van der Waals surface area contributed by atoms with Gasteiger partial charge in [-0.1, -0.05) is 42.5 Å². The first-order valence-corrected chi connectivity index (χ1v) is 9.76. The Morgan fingerprint density at radius 1 is 0.931 bits per heavy atom. The van der Waals surface area contributed by atoms with Crippen LogP contribution in [-0.4, -0.2) is 19.2 Å². The molecule has 0 bridgehead atoms. The lowest BCUT2D eigenvalue weighted by atomic mass is 10.1. The van der Waals surface area contributed by atoms with Gasteiger partial charge in [-0.3, -0.25) is 0 Å². The van der Waals surface area contributed by atoms with E-state index in [0.29, 0.717) is 13.2 Å². The summed E-state index contributed by atoms with van der Waals surface area (Å²) in [4.78, 5) is 12.0. The molecule has 0 radical (unpaired) electrons. The highest BCUT2D eigenvalue weighted by Gasteiger charge is 2.05. The number of urea groups is 1. The lowest BCUT2D eigenvalue weighted by Crippen LogP contribution is -2.32. The van der Waals surface area contributed by atoms with Gasteiger partial charge in [0.2, 0.25) is 0 Å². The average molecular weight is 389 g/mol. The lowest BCUT2D eigenvalue weighted by molar-refractivity contribution is 0.247. The van der Waals surface area contributed by atoms with Crippen LogP contribution >= 0.6 is 0 Å². The minimum atomic E-state index is -0.254. The molecule has 5 nitrogen and oxygen atoms in total. The third-order valence-electron chi connectivity index (χ3n) is 4.47. The molecule has 3 rings (SSSR count). The second kappa shape index (κ2) is 10.2. The van der Waals surface area contributed by atoms with Crippen molar-refractivity contribution in [3.63, 3.8) is 0 Å². The van der Waals surface area contributed by atoms with Gasteiger partial charge in [-0.15, -0.1) is 0 Å². The molecule has 1 unspecified atom stereocenters. The maximum atomic E-state index is 12.0. The first-order valence-electron chi connectivity index (χ1n) is 9.76. The van der Waals surface area contributed by atoms with Crippen molar-refractivity contribution in [2.45, 2.75) is 19.9 Å². The predicted molar refractivity (Wildman–Crippen MR) is 119 cm³/mol. The van der Waals surface area contributed by atoms with Crippen LogP contribution in [0.3, 0.4) is 0 Å². The fourth-order valence-corrected chi connectivity index (χ4v) is 2.94. The number of rotatable bonds is 8. The summed E-state index contributed by atoms with van der Waals surface area (Å²) in [5.74, 6) is 0.806. The number of ether oxygens (including phenoxy) is 1. The van der Waals surface area contributed by atoms with E-state index < -0.39 is 0 Å². The number of aryl methyl sites for hydroxylation is 1. The van der Waals surface area contributed by atoms with Gasteiger partial charge in [0.25, 0.3) is 0 Å². The number of carbonyl (C=O) groups excluding carboxylic acids is 1. The molecule has 0 aliphatic carbocycles. The minimum Gasteiger partial charge on any atom is -0.492 e. The van der Waals surface area contributed by atoms with Gasteiger partial charge in [0.05, 0.1) is 6.54 Å². The molecule has 1 atom stereocenters. The molecule has 0 spiro atoms. The van der Waals surface area contributed by atoms with Crippen LogP contribution in [-0.2, 0) is 0 Å². The highest BCUT2D eigenvalue weighted by Crippen LogP contribution is 2.20. The van der Waals surface area contributed by atoms with Gasteiger partial charge in [-0.25, -0.2) is 4.79 Å². The second-order valence-electron chi connectivity index (χ2n) is 6.90. The van der Waals surface area contributed by atoms with Crippen molar-refractivity contribution < 1.29 is 9.53 Å². The summed E-state index contributed by atoms with van der Waals surface area (Å²) in [5, 5.41) is 9.08. The zero-order chi connectivity index (χ0) is 20.5. The van der Waals surface area contributed by atoms with Gasteiger partial charge >= 0.3 is 6.03 Å². The minimum absolute atomic E-state index is 0.201. The van der Waals surface area contributed by atoms with Crippen LogP contribution in [0.25, 0.3) is 0 Å². The van der Waals surface area contributed by atoms with Gasteiger partial charge in [-0.2, -0.15) is 0 Å². The monoisotopic (exact) mass is 389 g/mol. The van der Waals surface area contributed by atoms with Crippen LogP contribution in [0.1, 0.15) is 24.1 Å². The summed E-state index contributed by atoms with van der Waals surface area (Å²) in [6.45, 7) is 4.97. The summed E-state index contributed by atoms with van der Waals surface area (Å²) in [5.41, 5.74) is 4.10. The zero-order valence-corrected chi connectivity index (χ0v) is 16.8. The molecule has 150 valence electrons. The van der Waals surface area contributed by atoms with Gasteiger partial charge < -0.3 is 20.7 Å². The molecule has 0 aliphatic heterocycles. The Morgan fingerprint density at radius 2 is 1.66 bits per heavy atom. The smallest absolute Gasteiger partial charge is 0.319 e. The molecule has 0 heterocycles. The molecule has 3 aromatic rings. The third kappa shape index (κ3) is 6.57. The van der Waals surface area contributed by atoms with Gasteiger partial charge in [0.1, 0.15) is 12.4 Å². The van der Waals surface area contributed by atoms with E-state index in [4.69, 9.17) is 4.74 Å². The topological polar surface area (TPSA) is 62.4 Å². The fraction of sp³-hybridized carbons (Fsp3) is 0.208. The molecule has 0 aromatic heterocycles. The van der Waals surface area contributed by atoms with Gasteiger partial charge in [0.15, 0.2) is 0 Å². The van der Waals surface area contributed by atoms with Gasteiger partial charge in [0, 0.05) is 17.4 Å². The molecule has 0 saturated heterocycles. The van der Waals surface area contributed by atoms with Crippen molar-refractivity contribution in [1.82, 2.24) is 5.32 Å². The largest absolute Gasteiger partial charge is 0.492 e. The molecular weight excluding hydrogens is 362 g/mol. The number of hydrogen-bond donors (Lipinski definition) is 3. The van der Waals surface area contributed by atoms with E-state index in [1.807, 2.05) is 73.7 Å². The summed E-state index contributed by atoms with van der Waals surface area (Å²) >= 11 is 0. The summed E-state index contributed by atoms with van der Waals surface area (Å²) in [6, 6.07) is 25.7. The Morgan fingerprint density at radius 3 is 2.38 bits per heavy atom. The quantitative estimate of drug-likeness (QED) is 0.454. The third-order valence-corrected chi connectivity index (χ3v) is 4.47. The first-order chi connectivity index (χ1) is 14.1. The van der Waals surface area contributed by atoms with Crippen molar-refractivity contribution in [1.29, 1.82) is 0 Å². The molecule has 5 heteroatoms. The Balaban J connectivity index is 1.40. The van der Waals surface area contributed by atoms with E-state index in [2.05, 4.69) is 35.0 Å². The number of amides is 2. The maximum Gasteiger partial charge on any atom is 0.319 e. The standard InChI is InChI=1S/C24H27N3O2/c1-18-7-6-10-23(17-18)29-16-15-25-24(28)27-22-13-11-21(12-14-22)26-19(2)20-8-4-3-5-9-20/h3-14,17,19,26H,15-16H2,1-2H3,(H2,25,27,28). The molecular formula is C24H27N3O2. The first kappa shape index (κ1) is 20.3. The second-order valence-corrected chi connectivity index (χ2v) is 6.90. The van der Waals surface area contributed by atoms with E-state index >= 15 is 0 Å². The maximum absolute atomic E-state index is 12.0. The molecule has 3 aromatic carbocycles. The molecule has 0 fully saturated rings. The summed E-state index contributed by atoms with van der Waals surface area (Å²) in [6.07, 6.45) is 0. The summed E-state index contributed by atoms with van der Waals surface area (Å²) in [7, 11) is 0. The van der Waals surface area contributed by atoms with Crippen LogP contribution < -0.4 is 20.7 Å².